The van der Waals surface area contributed by atoms with E-state index >= 15 is 0 Å². The molecule has 0 atom stereocenters. The molecule has 0 spiro atoms. The Hall–Kier alpha value is -0.990. The Morgan fingerprint density at radius 2 is 1.26 bits per heavy atom. The second kappa shape index (κ2) is 14.5. The Morgan fingerprint density at radius 1 is 0.824 bits per heavy atom. The molecule has 0 aliphatic carbocycles. The highest BCUT2D eigenvalue weighted by atomic mass is 35.5. The number of hydrogen-bond acceptors (Lipinski definition) is 3. The predicted molar refractivity (Wildman–Crippen MR) is 141 cm³/mol. The van der Waals surface area contributed by atoms with E-state index in [9.17, 15) is 17.8 Å². The third kappa shape index (κ3) is 8.90. The predicted octanol–water partition coefficient (Wildman–Crippen LogP) is 8.01. The minimum atomic E-state index is -4.73. The maximum Gasteiger partial charge on any atom is 0.301 e. The third-order valence-electron chi connectivity index (χ3n) is 5.91. The van der Waals surface area contributed by atoms with E-state index in [4.69, 9.17) is 34.8 Å². The Labute approximate surface area is 217 Å². The highest BCUT2D eigenvalue weighted by Gasteiger charge is 2.27. The van der Waals surface area contributed by atoms with Crippen LogP contribution in [-0.4, -0.2) is 22.8 Å². The number of aromatic nitrogens is 2. The minimum Gasteiger partial charge on any atom is -0.293 e. The standard InChI is InChI=1S/C24H35Cl3N2O4S/c1-2-3-4-5-6-7-8-9-10-11-12-13-14-15-21-23(34(31,32)33)24(30)29(28-21)22-19(26)16-18(25)17-20(22)27/h16-17,28H,2-15H2,1H3,(H,31,32,33). The van der Waals surface area contributed by atoms with Crippen molar-refractivity contribution in [1.82, 2.24) is 9.78 Å². The van der Waals surface area contributed by atoms with E-state index in [1.807, 2.05) is 0 Å². The molecular formula is C24H35Cl3N2O4S. The molecule has 1 heterocycles. The molecule has 2 N–H and O–H groups in total. The number of nitrogens with zero attached hydrogens (tertiary/aromatic N) is 1. The van der Waals surface area contributed by atoms with Crippen LogP contribution in [0.25, 0.3) is 5.69 Å². The zero-order valence-corrected chi connectivity index (χ0v) is 22.8. The van der Waals surface area contributed by atoms with Crippen LogP contribution in [0.2, 0.25) is 15.1 Å². The first-order valence-corrected chi connectivity index (χ1v) is 14.7. The van der Waals surface area contributed by atoms with Gasteiger partial charge < -0.3 is 0 Å². The van der Waals surface area contributed by atoms with Gasteiger partial charge in [0.15, 0.2) is 4.90 Å². The molecule has 1 aromatic heterocycles. The van der Waals surface area contributed by atoms with Gasteiger partial charge in [0.05, 0.1) is 15.7 Å². The number of unbranched alkanes of at least 4 members (excludes halogenated alkanes) is 12. The summed E-state index contributed by atoms with van der Waals surface area (Å²) in [6, 6.07) is 2.80. The zero-order valence-electron chi connectivity index (χ0n) is 19.7. The lowest BCUT2D eigenvalue weighted by molar-refractivity contribution is 0.480. The van der Waals surface area contributed by atoms with E-state index < -0.39 is 20.6 Å². The molecule has 0 saturated carbocycles. The van der Waals surface area contributed by atoms with Gasteiger partial charge in [0.1, 0.15) is 5.69 Å². The van der Waals surface area contributed by atoms with Crippen molar-refractivity contribution in [3.8, 4) is 5.69 Å². The normalized spacial score (nSPS) is 11.9. The lowest BCUT2D eigenvalue weighted by Gasteiger charge is -2.08. The van der Waals surface area contributed by atoms with Gasteiger partial charge in [-0.2, -0.15) is 8.42 Å². The first kappa shape index (κ1) is 29.2. The number of halogens is 3. The summed E-state index contributed by atoms with van der Waals surface area (Å²) in [5, 5.41) is 3.21. The zero-order chi connectivity index (χ0) is 25.1. The number of nitrogens with one attached hydrogen (secondary N) is 1. The first-order valence-electron chi connectivity index (χ1n) is 12.1. The van der Waals surface area contributed by atoms with Crippen molar-refractivity contribution in [2.24, 2.45) is 0 Å². The fraction of sp³-hybridized carbons (Fsp3) is 0.625. The van der Waals surface area contributed by atoms with E-state index in [1.165, 1.54) is 69.9 Å². The molecule has 6 nitrogen and oxygen atoms in total. The van der Waals surface area contributed by atoms with Crippen molar-refractivity contribution in [3.63, 3.8) is 0 Å². The summed E-state index contributed by atoms with van der Waals surface area (Å²) < 4.78 is 34.4. The van der Waals surface area contributed by atoms with Crippen LogP contribution in [0.4, 0.5) is 0 Å². The molecule has 2 aromatic rings. The molecular weight excluding hydrogens is 519 g/mol. The maximum atomic E-state index is 12.8. The van der Waals surface area contributed by atoms with Gasteiger partial charge in [-0.15, -0.1) is 0 Å². The van der Waals surface area contributed by atoms with Crippen molar-refractivity contribution >= 4 is 44.9 Å². The van der Waals surface area contributed by atoms with Crippen molar-refractivity contribution in [3.05, 3.63) is 43.2 Å². The number of H-pyrrole nitrogens is 1. The number of rotatable bonds is 16. The largest absolute Gasteiger partial charge is 0.301 e. The molecule has 192 valence electrons. The molecule has 0 aliphatic heterocycles. The molecule has 10 heteroatoms. The summed E-state index contributed by atoms with van der Waals surface area (Å²) in [5.41, 5.74) is -0.713. The summed E-state index contributed by atoms with van der Waals surface area (Å²) in [4.78, 5) is 12.1. The molecule has 2 rings (SSSR count). The van der Waals surface area contributed by atoms with Crippen LogP contribution in [0, 0.1) is 0 Å². The Balaban J connectivity index is 1.88. The maximum absolute atomic E-state index is 12.8. The van der Waals surface area contributed by atoms with Gasteiger partial charge >= 0.3 is 10.1 Å². The van der Waals surface area contributed by atoms with Crippen LogP contribution in [0.3, 0.4) is 0 Å². The van der Waals surface area contributed by atoms with Gasteiger partial charge in [-0.25, -0.2) is 4.68 Å². The molecule has 0 bridgehead atoms. The molecule has 0 aliphatic rings. The second-order valence-corrected chi connectivity index (χ2v) is 11.4. The number of hydrogen-bond donors (Lipinski definition) is 2. The summed E-state index contributed by atoms with van der Waals surface area (Å²) in [6.45, 7) is 2.23. The quantitative estimate of drug-likeness (QED) is 0.163. The van der Waals surface area contributed by atoms with E-state index in [2.05, 4.69) is 12.0 Å². The van der Waals surface area contributed by atoms with Crippen molar-refractivity contribution in [2.45, 2.75) is 102 Å². The summed E-state index contributed by atoms with van der Waals surface area (Å²) in [7, 11) is -4.73. The topological polar surface area (TPSA) is 92.2 Å². The summed E-state index contributed by atoms with van der Waals surface area (Å²) in [5.74, 6) is 0. The van der Waals surface area contributed by atoms with Crippen LogP contribution in [0.5, 0.6) is 0 Å². The van der Waals surface area contributed by atoms with Crippen LogP contribution in [-0.2, 0) is 16.5 Å². The van der Waals surface area contributed by atoms with Gasteiger partial charge in [0.25, 0.3) is 5.56 Å². The Bertz CT molecular complexity index is 1060. The molecule has 0 amide bonds. The van der Waals surface area contributed by atoms with Gasteiger partial charge in [-0.05, 0) is 25.0 Å². The number of aromatic amines is 1. The van der Waals surface area contributed by atoms with Crippen molar-refractivity contribution in [1.29, 1.82) is 0 Å². The average molecular weight is 554 g/mol. The van der Waals surface area contributed by atoms with Crippen molar-refractivity contribution in [2.75, 3.05) is 0 Å². The van der Waals surface area contributed by atoms with Gasteiger partial charge in [0, 0.05) is 5.02 Å². The van der Waals surface area contributed by atoms with Crippen LogP contribution in [0.15, 0.2) is 21.8 Å². The number of benzene rings is 1. The van der Waals surface area contributed by atoms with Gasteiger partial charge in [0.2, 0.25) is 0 Å². The SMILES string of the molecule is CCCCCCCCCCCCCCCc1[nH]n(-c2c(Cl)cc(Cl)cc2Cl)c(=O)c1S(=O)(=O)O. The van der Waals surface area contributed by atoms with E-state index in [-0.39, 0.29) is 26.4 Å². The molecule has 1 aromatic carbocycles. The summed E-state index contributed by atoms with van der Waals surface area (Å²) >= 11 is 18.3. The molecule has 0 saturated heterocycles. The van der Waals surface area contributed by atoms with E-state index in [1.54, 1.807) is 0 Å². The smallest absolute Gasteiger partial charge is 0.293 e. The van der Waals surface area contributed by atoms with Gasteiger partial charge in [-0.3, -0.25) is 14.4 Å². The van der Waals surface area contributed by atoms with Crippen LogP contribution < -0.4 is 5.56 Å². The third-order valence-corrected chi connectivity index (χ3v) is 7.64. The first-order chi connectivity index (χ1) is 16.2. The fourth-order valence-corrected chi connectivity index (χ4v) is 5.88. The highest BCUT2D eigenvalue weighted by molar-refractivity contribution is 7.85. The molecule has 0 radical (unpaired) electrons. The Morgan fingerprint density at radius 3 is 1.71 bits per heavy atom. The highest BCUT2D eigenvalue weighted by Crippen LogP contribution is 2.31. The monoisotopic (exact) mass is 552 g/mol. The van der Waals surface area contributed by atoms with E-state index in [0.29, 0.717) is 12.8 Å². The average Bonchev–Trinajstić information content (AvgIpc) is 3.07. The van der Waals surface area contributed by atoms with Gasteiger partial charge in [-0.1, -0.05) is 119 Å². The fourth-order valence-electron chi connectivity index (χ4n) is 4.13. The van der Waals surface area contributed by atoms with Crippen LogP contribution in [0.1, 0.15) is 96.1 Å². The lowest BCUT2D eigenvalue weighted by atomic mass is 10.0. The molecule has 0 fully saturated rings. The lowest BCUT2D eigenvalue weighted by Crippen LogP contribution is -2.20. The van der Waals surface area contributed by atoms with E-state index in [0.717, 1.165) is 23.9 Å². The molecule has 0 unspecified atom stereocenters. The number of aryl methyl sites for hydroxylation is 1. The summed E-state index contributed by atoms with van der Waals surface area (Å²) in [6.07, 6.45) is 15.8. The van der Waals surface area contributed by atoms with Crippen molar-refractivity contribution < 1.29 is 13.0 Å². The Kier molecular flexibility index (Phi) is 12.5. The molecule has 34 heavy (non-hydrogen) atoms. The minimum absolute atomic E-state index is 0.0789. The second-order valence-electron chi connectivity index (χ2n) is 8.75. The van der Waals surface area contributed by atoms with Crippen LogP contribution >= 0.6 is 34.8 Å².